The second-order valence-electron chi connectivity index (χ2n) is 4.91. The van der Waals surface area contributed by atoms with Gasteiger partial charge in [0, 0.05) is 26.1 Å². The fourth-order valence-corrected chi connectivity index (χ4v) is 3.06. The van der Waals surface area contributed by atoms with Crippen LogP contribution in [0.4, 0.5) is 0 Å². The Hall–Kier alpha value is -1.05. The highest BCUT2D eigenvalue weighted by Gasteiger charge is 2.18. The van der Waals surface area contributed by atoms with Gasteiger partial charge in [0.1, 0.15) is 11.0 Å². The van der Waals surface area contributed by atoms with Crippen molar-refractivity contribution in [3.05, 3.63) is 32.9 Å². The molecule has 0 saturated carbocycles. The maximum Gasteiger partial charge on any atom is 0.244 e. The molecule has 20 heavy (non-hydrogen) atoms. The molecule has 0 aliphatic heterocycles. The summed E-state index contributed by atoms with van der Waals surface area (Å²) in [6.07, 6.45) is 3.76. The van der Waals surface area contributed by atoms with Gasteiger partial charge < -0.3 is 5.73 Å². The molecule has 0 aromatic carbocycles. The molecule has 0 spiro atoms. The Morgan fingerprint density at radius 3 is 2.50 bits per heavy atom. The van der Waals surface area contributed by atoms with Crippen molar-refractivity contribution >= 4 is 11.0 Å². The molecule has 0 radical (unpaired) electrons. The largest absolute Gasteiger partial charge is 0.330 e. The van der Waals surface area contributed by atoms with Crippen molar-refractivity contribution in [2.45, 2.75) is 34.1 Å². The first-order valence-electron chi connectivity index (χ1n) is 6.69. The zero-order valence-corrected chi connectivity index (χ0v) is 13.5. The molecule has 0 aromatic heterocycles. The van der Waals surface area contributed by atoms with Crippen molar-refractivity contribution in [3.63, 3.8) is 0 Å². The zero-order valence-electron chi connectivity index (χ0n) is 12.7. The lowest BCUT2D eigenvalue weighted by Gasteiger charge is -2.23. The molecule has 0 bridgehead atoms. The maximum absolute atomic E-state index is 12.5. The van der Waals surface area contributed by atoms with E-state index in [9.17, 15) is 14.3 Å². The van der Waals surface area contributed by atoms with Crippen molar-refractivity contribution in [1.29, 1.82) is 0 Å². The van der Waals surface area contributed by atoms with Gasteiger partial charge in [0.05, 0.1) is 9.83 Å². The van der Waals surface area contributed by atoms with Crippen LogP contribution in [0.5, 0.6) is 0 Å². The lowest BCUT2D eigenvalue weighted by Crippen LogP contribution is -2.32. The summed E-state index contributed by atoms with van der Waals surface area (Å²) >= 11 is 0. The predicted molar refractivity (Wildman–Crippen MR) is 82.7 cm³/mol. The fraction of sp³-hybridized carbons (Fsp3) is 0.692. The molecule has 7 heteroatoms. The average Bonchev–Trinajstić information content (AvgIpc) is 2.39. The molecule has 6 nitrogen and oxygen atoms in total. The molecule has 0 fully saturated rings. The normalized spacial score (nSPS) is 14.9. The van der Waals surface area contributed by atoms with Crippen molar-refractivity contribution < 1.29 is 9.13 Å². The summed E-state index contributed by atoms with van der Waals surface area (Å²) in [7, 11) is -1.40. The first kappa shape index (κ1) is 18.9. The van der Waals surface area contributed by atoms with Crippen LogP contribution in [-0.4, -0.2) is 33.1 Å². The summed E-state index contributed by atoms with van der Waals surface area (Å²) in [6.45, 7) is 9.01. The number of nitrogens with zero attached hydrogens (tertiary/aromatic N) is 2. The van der Waals surface area contributed by atoms with E-state index in [2.05, 4.69) is 0 Å². The van der Waals surface area contributed by atoms with Gasteiger partial charge in [-0.15, -0.1) is 0 Å². The molecule has 1 unspecified atom stereocenters. The van der Waals surface area contributed by atoms with Crippen LogP contribution in [0.2, 0.25) is 0 Å². The Labute approximate surface area is 123 Å². The molecule has 0 saturated heterocycles. The van der Waals surface area contributed by atoms with E-state index in [4.69, 9.17) is 5.73 Å². The number of hydrogen-bond acceptors (Lipinski definition) is 4. The molecule has 0 aromatic rings. The van der Waals surface area contributed by atoms with Gasteiger partial charge in [-0.3, -0.25) is 10.1 Å². The Morgan fingerprint density at radius 1 is 1.50 bits per heavy atom. The van der Waals surface area contributed by atoms with Crippen LogP contribution in [0, 0.1) is 16.0 Å². The smallest absolute Gasteiger partial charge is 0.244 e. The first-order valence-corrected chi connectivity index (χ1v) is 7.80. The Bertz CT molecular complexity index is 406. The SMILES string of the molecule is C/C=C(\C=C(/C)[N+](=O)[O-])S(=O)N(CCCN)CC(C)C. The van der Waals surface area contributed by atoms with E-state index in [0.717, 1.165) is 6.42 Å². The summed E-state index contributed by atoms with van der Waals surface area (Å²) in [5.74, 6) is 0.357. The second-order valence-corrected chi connectivity index (χ2v) is 6.39. The third-order valence-corrected chi connectivity index (χ3v) is 4.10. The average molecular weight is 303 g/mol. The highest BCUT2D eigenvalue weighted by Crippen LogP contribution is 2.14. The molecule has 0 rings (SSSR count). The van der Waals surface area contributed by atoms with E-state index in [1.165, 1.54) is 13.0 Å². The lowest BCUT2D eigenvalue weighted by molar-refractivity contribution is -0.424. The quantitative estimate of drug-likeness (QED) is 0.401. The molecule has 1 atom stereocenters. The zero-order chi connectivity index (χ0) is 15.7. The molecule has 2 N–H and O–H groups in total. The second kappa shape index (κ2) is 9.79. The van der Waals surface area contributed by atoms with Gasteiger partial charge >= 0.3 is 0 Å². The van der Waals surface area contributed by atoms with Crippen molar-refractivity contribution in [1.82, 2.24) is 4.31 Å². The Kier molecular flexibility index (Phi) is 9.28. The highest BCUT2D eigenvalue weighted by molar-refractivity contribution is 7.86. The molecule has 0 heterocycles. The van der Waals surface area contributed by atoms with Gasteiger partial charge in [-0.1, -0.05) is 19.9 Å². The minimum atomic E-state index is -1.40. The monoisotopic (exact) mass is 303 g/mol. The third-order valence-electron chi connectivity index (χ3n) is 2.54. The lowest BCUT2D eigenvalue weighted by atomic mass is 10.2. The summed E-state index contributed by atoms with van der Waals surface area (Å²) < 4.78 is 14.4. The maximum atomic E-state index is 12.5. The minimum Gasteiger partial charge on any atom is -0.330 e. The van der Waals surface area contributed by atoms with Gasteiger partial charge in [0.25, 0.3) is 0 Å². The minimum absolute atomic E-state index is 0.0187. The van der Waals surface area contributed by atoms with Crippen molar-refractivity contribution in [2.24, 2.45) is 11.7 Å². The number of nitrogens with two attached hydrogens (primary N) is 1. The van der Waals surface area contributed by atoms with E-state index in [-0.39, 0.29) is 5.70 Å². The van der Waals surface area contributed by atoms with Crippen LogP contribution in [0.3, 0.4) is 0 Å². The molecule has 0 aliphatic rings. The summed E-state index contributed by atoms with van der Waals surface area (Å²) in [4.78, 5) is 10.7. The number of rotatable bonds is 9. The van der Waals surface area contributed by atoms with Crippen LogP contribution < -0.4 is 5.73 Å². The Morgan fingerprint density at radius 2 is 2.10 bits per heavy atom. The molecule has 116 valence electrons. The molecule has 0 amide bonds. The van der Waals surface area contributed by atoms with E-state index < -0.39 is 15.9 Å². The summed E-state index contributed by atoms with van der Waals surface area (Å²) in [6, 6.07) is 0. The van der Waals surface area contributed by atoms with Gasteiger partial charge in [-0.05, 0) is 25.8 Å². The molecular formula is C13H25N3O3S. The van der Waals surface area contributed by atoms with E-state index in [0.29, 0.717) is 30.5 Å². The topological polar surface area (TPSA) is 89.5 Å². The number of allylic oxidation sites excluding steroid dienone is 3. The highest BCUT2D eigenvalue weighted by atomic mass is 32.2. The number of nitro groups is 1. The van der Waals surface area contributed by atoms with Gasteiger partial charge in [-0.2, -0.15) is 0 Å². The molecule has 0 aliphatic carbocycles. The first-order chi connectivity index (χ1) is 9.33. The summed E-state index contributed by atoms with van der Waals surface area (Å²) in [5, 5.41) is 10.7. The Balaban J connectivity index is 5.09. The van der Waals surface area contributed by atoms with Gasteiger partial charge in [0.15, 0.2) is 0 Å². The van der Waals surface area contributed by atoms with Gasteiger partial charge in [-0.25, -0.2) is 8.51 Å². The van der Waals surface area contributed by atoms with Crippen LogP contribution in [-0.2, 0) is 11.0 Å². The van der Waals surface area contributed by atoms with Crippen LogP contribution in [0.1, 0.15) is 34.1 Å². The van der Waals surface area contributed by atoms with E-state index in [1.807, 2.05) is 18.2 Å². The number of hydrogen-bond donors (Lipinski definition) is 1. The fourth-order valence-electron chi connectivity index (χ4n) is 1.56. The summed E-state index contributed by atoms with van der Waals surface area (Å²) in [5.41, 5.74) is 5.48. The molecular weight excluding hydrogens is 278 g/mol. The van der Waals surface area contributed by atoms with Crippen molar-refractivity contribution in [3.8, 4) is 0 Å². The predicted octanol–water partition coefficient (Wildman–Crippen LogP) is 2.04. The standard InChI is InChI=1S/C13H25N3O3S/c1-5-13(9-12(4)16(17)18)20(19)15(8-6-7-14)10-11(2)3/h5,9,11H,6-8,10,14H2,1-4H3/b12-9+,13-5+. The van der Waals surface area contributed by atoms with Crippen LogP contribution in [0.15, 0.2) is 22.8 Å². The van der Waals surface area contributed by atoms with Crippen LogP contribution >= 0.6 is 0 Å². The third kappa shape index (κ3) is 6.93. The van der Waals surface area contributed by atoms with E-state index >= 15 is 0 Å². The van der Waals surface area contributed by atoms with Crippen LogP contribution in [0.25, 0.3) is 0 Å². The van der Waals surface area contributed by atoms with Crippen molar-refractivity contribution in [2.75, 3.05) is 19.6 Å². The van der Waals surface area contributed by atoms with Gasteiger partial charge in [0.2, 0.25) is 5.70 Å². The van der Waals surface area contributed by atoms with E-state index in [1.54, 1.807) is 13.0 Å².